The number of halogens is 1. The highest BCUT2D eigenvalue weighted by Crippen LogP contribution is 2.53. The molecule has 0 saturated carbocycles. The van der Waals surface area contributed by atoms with E-state index in [1.54, 1.807) is 24.1 Å². The van der Waals surface area contributed by atoms with Crippen molar-refractivity contribution in [2.24, 2.45) is 0 Å². The van der Waals surface area contributed by atoms with Crippen LogP contribution in [0.3, 0.4) is 0 Å². The van der Waals surface area contributed by atoms with Gasteiger partial charge in [0.1, 0.15) is 5.92 Å². The van der Waals surface area contributed by atoms with Gasteiger partial charge in [-0.3, -0.25) is 9.59 Å². The van der Waals surface area contributed by atoms with Crippen LogP contribution in [0.25, 0.3) is 0 Å². The molecule has 150 valence electrons. The zero-order valence-electron chi connectivity index (χ0n) is 16.2. The highest BCUT2D eigenvalue weighted by atomic mass is 79.9. The topological polar surface area (TPSA) is 60.9 Å². The van der Waals surface area contributed by atoms with Crippen LogP contribution >= 0.6 is 15.9 Å². The van der Waals surface area contributed by atoms with Gasteiger partial charge in [-0.25, -0.2) is 0 Å². The average molecular weight is 463 g/mol. The lowest BCUT2D eigenvalue weighted by Crippen LogP contribution is -2.47. The third kappa shape index (κ3) is 2.57. The number of rotatable bonds is 3. The highest BCUT2D eigenvalue weighted by Gasteiger charge is 2.60. The summed E-state index contributed by atoms with van der Waals surface area (Å²) in [4.78, 5) is 30.1. The molecule has 2 heterocycles. The number of benzene rings is 3. The molecule has 0 saturated heterocycles. The predicted octanol–water partition coefficient (Wildman–Crippen LogP) is 3.94. The molecule has 3 aromatic carbocycles. The number of carbonyl (C=O) groups is 2. The molecule has 6 heteroatoms. The standard InChI is InChI=1S/C24H19BrN2O3/c1-26-19-10-6-5-9-17(19)21(22(26)28)24(30)18-12-11-16(25)13-20(18)27(23(24)29)14-15-7-3-2-4-8-15/h2-13,21,30H,14H2,1H3/t21-,24+/m1/s1. The Kier molecular flexibility index (Phi) is 4.31. The number of amides is 2. The van der Waals surface area contributed by atoms with E-state index in [1.165, 1.54) is 4.90 Å². The molecule has 0 radical (unpaired) electrons. The van der Waals surface area contributed by atoms with Crippen LogP contribution < -0.4 is 9.80 Å². The molecular weight excluding hydrogens is 444 g/mol. The number of aliphatic hydroxyl groups is 1. The van der Waals surface area contributed by atoms with E-state index >= 15 is 0 Å². The number of likely N-dealkylation sites (N-methyl/N-ethyl adjacent to an activating group) is 1. The summed E-state index contributed by atoms with van der Waals surface area (Å²) in [5.74, 6) is -1.77. The minimum Gasteiger partial charge on any atom is -0.374 e. The van der Waals surface area contributed by atoms with Crippen LogP contribution in [0, 0.1) is 0 Å². The Morgan fingerprint density at radius 2 is 1.67 bits per heavy atom. The van der Waals surface area contributed by atoms with Gasteiger partial charge in [-0.1, -0.05) is 70.5 Å². The fourth-order valence-electron chi connectivity index (χ4n) is 4.57. The number of carbonyl (C=O) groups excluding carboxylic acids is 2. The zero-order chi connectivity index (χ0) is 21.0. The van der Waals surface area contributed by atoms with Gasteiger partial charge in [0, 0.05) is 22.8 Å². The number of para-hydroxylation sites is 1. The Balaban J connectivity index is 1.68. The number of hydrogen-bond donors (Lipinski definition) is 1. The fourth-order valence-corrected chi connectivity index (χ4v) is 4.92. The molecule has 1 N–H and O–H groups in total. The lowest BCUT2D eigenvalue weighted by Gasteiger charge is -2.28. The van der Waals surface area contributed by atoms with Crippen molar-refractivity contribution in [3.05, 3.63) is 94.0 Å². The largest absolute Gasteiger partial charge is 0.374 e. The molecule has 2 aliphatic rings. The number of fused-ring (bicyclic) bond motifs is 2. The van der Waals surface area contributed by atoms with E-state index in [2.05, 4.69) is 15.9 Å². The fraction of sp³-hybridized carbons (Fsp3) is 0.167. The van der Waals surface area contributed by atoms with E-state index in [1.807, 2.05) is 60.7 Å². The maximum Gasteiger partial charge on any atom is 0.265 e. The Bertz CT molecular complexity index is 1180. The first-order chi connectivity index (χ1) is 14.4. The van der Waals surface area contributed by atoms with E-state index in [9.17, 15) is 14.7 Å². The monoisotopic (exact) mass is 462 g/mol. The van der Waals surface area contributed by atoms with Gasteiger partial charge in [-0.15, -0.1) is 0 Å². The van der Waals surface area contributed by atoms with Crippen molar-refractivity contribution < 1.29 is 14.7 Å². The van der Waals surface area contributed by atoms with Gasteiger partial charge in [0.15, 0.2) is 5.60 Å². The van der Waals surface area contributed by atoms with Crippen LogP contribution in [-0.2, 0) is 21.7 Å². The van der Waals surface area contributed by atoms with E-state index in [0.717, 1.165) is 10.0 Å². The molecule has 2 amide bonds. The SMILES string of the molecule is CN1C(=O)[C@H]([C@]2(O)C(=O)N(Cc3ccccc3)c3cc(Br)ccc32)c2ccccc21. The van der Waals surface area contributed by atoms with Crippen molar-refractivity contribution in [3.63, 3.8) is 0 Å². The van der Waals surface area contributed by atoms with Gasteiger partial charge < -0.3 is 14.9 Å². The van der Waals surface area contributed by atoms with Gasteiger partial charge in [0.25, 0.3) is 5.91 Å². The predicted molar refractivity (Wildman–Crippen MR) is 118 cm³/mol. The first-order valence-electron chi connectivity index (χ1n) is 9.67. The van der Waals surface area contributed by atoms with Crippen molar-refractivity contribution in [1.29, 1.82) is 0 Å². The van der Waals surface area contributed by atoms with E-state index in [4.69, 9.17) is 0 Å². The molecule has 0 bridgehead atoms. The molecule has 3 aromatic rings. The summed E-state index contributed by atoms with van der Waals surface area (Å²) in [6.07, 6.45) is 0. The third-order valence-corrected chi connectivity index (χ3v) is 6.51. The maximum atomic E-state index is 13.7. The number of anilines is 2. The minimum atomic E-state index is -1.97. The lowest BCUT2D eigenvalue weighted by atomic mass is 9.78. The average Bonchev–Trinajstić information content (AvgIpc) is 3.13. The van der Waals surface area contributed by atoms with E-state index < -0.39 is 17.4 Å². The lowest BCUT2D eigenvalue weighted by molar-refractivity contribution is -0.144. The van der Waals surface area contributed by atoms with Crippen LogP contribution in [0.15, 0.2) is 77.3 Å². The summed E-state index contributed by atoms with van der Waals surface area (Å²) >= 11 is 3.47. The smallest absolute Gasteiger partial charge is 0.265 e. The first kappa shape index (κ1) is 19.0. The summed E-state index contributed by atoms with van der Waals surface area (Å²) < 4.78 is 0.798. The second-order valence-corrected chi connectivity index (χ2v) is 8.61. The zero-order valence-corrected chi connectivity index (χ0v) is 17.8. The van der Waals surface area contributed by atoms with Gasteiger partial charge in [-0.05, 0) is 29.3 Å². The Labute approximate surface area is 182 Å². The molecule has 0 aliphatic carbocycles. The van der Waals surface area contributed by atoms with Crippen LogP contribution in [0.4, 0.5) is 11.4 Å². The van der Waals surface area contributed by atoms with Crippen LogP contribution in [0.2, 0.25) is 0 Å². The second kappa shape index (κ2) is 6.79. The quantitative estimate of drug-likeness (QED) is 0.640. The van der Waals surface area contributed by atoms with E-state index in [-0.39, 0.29) is 5.91 Å². The molecule has 5 nitrogen and oxygen atoms in total. The maximum absolute atomic E-state index is 13.7. The normalized spacial score (nSPS) is 22.4. The highest BCUT2D eigenvalue weighted by molar-refractivity contribution is 9.10. The number of hydrogen-bond acceptors (Lipinski definition) is 3. The van der Waals surface area contributed by atoms with Crippen LogP contribution in [-0.4, -0.2) is 24.0 Å². The molecule has 0 unspecified atom stereocenters. The van der Waals surface area contributed by atoms with Crippen molar-refractivity contribution in [2.75, 3.05) is 16.8 Å². The molecule has 0 fully saturated rings. The van der Waals surface area contributed by atoms with Crippen molar-refractivity contribution in [2.45, 2.75) is 18.1 Å². The number of nitrogens with zero attached hydrogens (tertiary/aromatic N) is 2. The Hall–Kier alpha value is -2.96. The molecule has 2 atom stereocenters. The summed E-state index contributed by atoms with van der Waals surface area (Å²) in [7, 11) is 1.67. The first-order valence-corrected chi connectivity index (χ1v) is 10.5. The summed E-state index contributed by atoms with van der Waals surface area (Å²) in [5, 5.41) is 11.9. The summed E-state index contributed by atoms with van der Waals surface area (Å²) in [6.45, 7) is 0.309. The van der Waals surface area contributed by atoms with Crippen LogP contribution in [0.1, 0.15) is 22.6 Å². The Morgan fingerprint density at radius 3 is 2.43 bits per heavy atom. The minimum absolute atomic E-state index is 0.289. The molecule has 5 rings (SSSR count). The van der Waals surface area contributed by atoms with Gasteiger partial charge in [0.2, 0.25) is 5.91 Å². The van der Waals surface area contributed by atoms with E-state index in [0.29, 0.717) is 29.0 Å². The molecule has 0 spiro atoms. The summed E-state index contributed by atoms with van der Waals surface area (Å²) in [6, 6.07) is 22.3. The molecule has 30 heavy (non-hydrogen) atoms. The molecular formula is C24H19BrN2O3. The van der Waals surface area contributed by atoms with Gasteiger partial charge >= 0.3 is 0 Å². The van der Waals surface area contributed by atoms with Crippen molar-refractivity contribution in [3.8, 4) is 0 Å². The summed E-state index contributed by atoms with van der Waals surface area (Å²) in [5.41, 5.74) is 1.42. The van der Waals surface area contributed by atoms with Crippen LogP contribution in [0.5, 0.6) is 0 Å². The third-order valence-electron chi connectivity index (χ3n) is 6.02. The molecule has 2 aliphatic heterocycles. The van der Waals surface area contributed by atoms with Gasteiger partial charge in [0.05, 0.1) is 12.2 Å². The van der Waals surface area contributed by atoms with Gasteiger partial charge in [-0.2, -0.15) is 0 Å². The molecule has 0 aromatic heterocycles. The van der Waals surface area contributed by atoms with Crippen molar-refractivity contribution in [1.82, 2.24) is 0 Å². The van der Waals surface area contributed by atoms with Crippen molar-refractivity contribution >= 4 is 39.1 Å². The Morgan fingerprint density at radius 1 is 0.967 bits per heavy atom. The second-order valence-electron chi connectivity index (χ2n) is 7.69.